The average Bonchev–Trinajstić information content (AvgIpc) is 2.94. The molecule has 2 nitrogen and oxygen atoms in total. The van der Waals surface area contributed by atoms with E-state index in [1.54, 1.807) is 0 Å². The Morgan fingerprint density at radius 1 is 0.371 bits per heavy atom. The predicted molar refractivity (Wildman–Crippen MR) is 151 cm³/mol. The molecule has 0 aliphatic heterocycles. The molecule has 0 aliphatic carbocycles. The number of para-hydroxylation sites is 1. The van der Waals surface area contributed by atoms with E-state index in [1.165, 1.54) is 32.9 Å². The van der Waals surface area contributed by atoms with E-state index in [-0.39, 0.29) is 0 Å². The van der Waals surface area contributed by atoms with Gasteiger partial charge in [-0.25, -0.2) is 0 Å². The molecule has 0 aromatic heterocycles. The summed E-state index contributed by atoms with van der Waals surface area (Å²) in [5.74, 6) is 0. The summed E-state index contributed by atoms with van der Waals surface area (Å²) in [6, 6.07) is 49.5. The third-order valence-corrected chi connectivity index (χ3v) is 6.65. The van der Waals surface area contributed by atoms with Crippen LogP contribution >= 0.6 is 0 Å². The molecule has 6 aromatic rings. The lowest BCUT2D eigenvalue weighted by molar-refractivity contribution is 1.21. The minimum absolute atomic E-state index is 1.13. The number of benzene rings is 6. The molecule has 168 valence electrons. The quantitative estimate of drug-likeness (QED) is 0.258. The van der Waals surface area contributed by atoms with Crippen LogP contribution in [0.1, 0.15) is 0 Å². The fourth-order valence-electron chi connectivity index (χ4n) is 4.87. The van der Waals surface area contributed by atoms with Crippen LogP contribution in [0.5, 0.6) is 0 Å². The van der Waals surface area contributed by atoms with Crippen molar-refractivity contribution in [3.8, 4) is 0 Å². The SMILES string of the molecule is CN(c1ccc(N(c2ccccc2)c2cccc3ccccc23)cc1)c1cccc2ccccc12. The highest BCUT2D eigenvalue weighted by molar-refractivity contribution is 5.99. The Balaban J connectivity index is 1.43. The molecule has 0 heterocycles. The minimum atomic E-state index is 1.13. The fourth-order valence-corrected chi connectivity index (χ4v) is 4.87. The van der Waals surface area contributed by atoms with E-state index in [2.05, 4.69) is 156 Å². The molecule has 0 saturated heterocycles. The number of rotatable bonds is 5. The van der Waals surface area contributed by atoms with Crippen LogP contribution in [0.3, 0.4) is 0 Å². The van der Waals surface area contributed by atoms with Gasteiger partial charge in [0.25, 0.3) is 0 Å². The van der Waals surface area contributed by atoms with Crippen LogP contribution in [-0.4, -0.2) is 7.05 Å². The van der Waals surface area contributed by atoms with Crippen LogP contribution in [0, 0.1) is 0 Å². The average molecular weight is 451 g/mol. The van der Waals surface area contributed by atoms with Gasteiger partial charge in [0.15, 0.2) is 0 Å². The first kappa shape index (κ1) is 21.0. The zero-order chi connectivity index (χ0) is 23.6. The summed E-state index contributed by atoms with van der Waals surface area (Å²) in [5.41, 5.74) is 5.78. The summed E-state index contributed by atoms with van der Waals surface area (Å²) in [6.07, 6.45) is 0. The topological polar surface area (TPSA) is 6.48 Å². The molecule has 0 saturated carbocycles. The molecular formula is C33H26N2. The van der Waals surface area contributed by atoms with E-state index in [0.717, 1.165) is 17.1 Å². The van der Waals surface area contributed by atoms with Crippen molar-refractivity contribution in [3.63, 3.8) is 0 Å². The second-order valence-corrected chi connectivity index (χ2v) is 8.74. The molecule has 0 fully saturated rings. The number of nitrogens with zero attached hydrogens (tertiary/aromatic N) is 2. The highest BCUT2D eigenvalue weighted by Gasteiger charge is 2.16. The zero-order valence-corrected chi connectivity index (χ0v) is 19.7. The zero-order valence-electron chi connectivity index (χ0n) is 19.7. The first-order chi connectivity index (χ1) is 17.3. The molecule has 0 aliphatic rings. The Kier molecular flexibility index (Phi) is 5.40. The molecule has 0 amide bonds. The van der Waals surface area contributed by atoms with Crippen molar-refractivity contribution in [3.05, 3.63) is 140 Å². The van der Waals surface area contributed by atoms with Crippen LogP contribution in [-0.2, 0) is 0 Å². The number of hydrogen-bond donors (Lipinski definition) is 0. The van der Waals surface area contributed by atoms with Gasteiger partial charge < -0.3 is 9.80 Å². The van der Waals surface area contributed by atoms with Crippen LogP contribution < -0.4 is 9.80 Å². The Bertz CT molecular complexity index is 1590. The third-order valence-electron chi connectivity index (χ3n) is 6.65. The summed E-state index contributed by atoms with van der Waals surface area (Å²) in [5, 5.41) is 4.97. The van der Waals surface area contributed by atoms with Gasteiger partial charge in [-0.3, -0.25) is 0 Å². The van der Waals surface area contributed by atoms with Gasteiger partial charge >= 0.3 is 0 Å². The van der Waals surface area contributed by atoms with Gasteiger partial charge in [-0.1, -0.05) is 91.0 Å². The molecule has 2 heteroatoms. The van der Waals surface area contributed by atoms with E-state index in [0.29, 0.717) is 0 Å². The highest BCUT2D eigenvalue weighted by atomic mass is 15.1. The summed E-state index contributed by atoms with van der Waals surface area (Å²) in [6.45, 7) is 0. The second-order valence-electron chi connectivity index (χ2n) is 8.74. The monoisotopic (exact) mass is 450 g/mol. The van der Waals surface area contributed by atoms with E-state index in [1.807, 2.05) is 0 Å². The van der Waals surface area contributed by atoms with E-state index in [4.69, 9.17) is 0 Å². The van der Waals surface area contributed by atoms with Crippen LogP contribution in [0.15, 0.2) is 140 Å². The third kappa shape index (κ3) is 3.89. The normalized spacial score (nSPS) is 11.0. The van der Waals surface area contributed by atoms with Gasteiger partial charge in [-0.2, -0.15) is 0 Å². The van der Waals surface area contributed by atoms with Gasteiger partial charge in [-0.15, -0.1) is 0 Å². The van der Waals surface area contributed by atoms with Gasteiger partial charge in [-0.05, 0) is 59.3 Å². The Hall–Kier alpha value is -4.56. The molecule has 0 bridgehead atoms. The van der Waals surface area contributed by atoms with Crippen molar-refractivity contribution < 1.29 is 0 Å². The maximum absolute atomic E-state index is 2.34. The number of fused-ring (bicyclic) bond motifs is 2. The van der Waals surface area contributed by atoms with Crippen molar-refractivity contribution in [2.75, 3.05) is 16.8 Å². The van der Waals surface area contributed by atoms with Crippen molar-refractivity contribution in [1.29, 1.82) is 0 Å². The van der Waals surface area contributed by atoms with Gasteiger partial charge in [0, 0.05) is 40.6 Å². The summed E-state index contributed by atoms with van der Waals surface area (Å²) >= 11 is 0. The summed E-state index contributed by atoms with van der Waals surface area (Å²) in [7, 11) is 2.14. The molecule has 0 unspecified atom stereocenters. The van der Waals surface area contributed by atoms with Crippen LogP contribution in [0.25, 0.3) is 21.5 Å². The molecule has 35 heavy (non-hydrogen) atoms. The van der Waals surface area contributed by atoms with Crippen molar-refractivity contribution in [2.24, 2.45) is 0 Å². The maximum Gasteiger partial charge on any atom is 0.0540 e. The lowest BCUT2D eigenvalue weighted by Gasteiger charge is -2.28. The number of anilines is 5. The molecule has 6 aromatic carbocycles. The molecule has 0 N–H and O–H groups in total. The smallest absolute Gasteiger partial charge is 0.0540 e. The van der Waals surface area contributed by atoms with Crippen LogP contribution in [0.2, 0.25) is 0 Å². The maximum atomic E-state index is 2.34. The largest absolute Gasteiger partial charge is 0.344 e. The lowest BCUT2D eigenvalue weighted by Crippen LogP contribution is -2.12. The predicted octanol–water partition coefficient (Wildman–Crippen LogP) is 9.23. The highest BCUT2D eigenvalue weighted by Crippen LogP contribution is 2.40. The van der Waals surface area contributed by atoms with Gasteiger partial charge in [0.2, 0.25) is 0 Å². The fraction of sp³-hybridized carbons (Fsp3) is 0.0303. The Labute approximate surface area is 206 Å². The van der Waals surface area contributed by atoms with Crippen LogP contribution in [0.4, 0.5) is 28.4 Å². The first-order valence-electron chi connectivity index (χ1n) is 11.9. The minimum Gasteiger partial charge on any atom is -0.344 e. The van der Waals surface area contributed by atoms with Crippen molar-refractivity contribution in [1.82, 2.24) is 0 Å². The number of hydrogen-bond acceptors (Lipinski definition) is 2. The first-order valence-corrected chi connectivity index (χ1v) is 11.9. The Morgan fingerprint density at radius 3 is 1.49 bits per heavy atom. The molecule has 6 rings (SSSR count). The molecule has 0 atom stereocenters. The van der Waals surface area contributed by atoms with Crippen molar-refractivity contribution >= 4 is 50.0 Å². The molecule has 0 spiro atoms. The van der Waals surface area contributed by atoms with Crippen molar-refractivity contribution in [2.45, 2.75) is 0 Å². The molecular weight excluding hydrogens is 424 g/mol. The van der Waals surface area contributed by atoms with E-state index in [9.17, 15) is 0 Å². The summed E-state index contributed by atoms with van der Waals surface area (Å²) in [4.78, 5) is 4.60. The van der Waals surface area contributed by atoms with E-state index < -0.39 is 0 Å². The second kappa shape index (κ2) is 9.00. The van der Waals surface area contributed by atoms with Gasteiger partial charge in [0.1, 0.15) is 0 Å². The van der Waals surface area contributed by atoms with Gasteiger partial charge in [0.05, 0.1) is 5.69 Å². The standard InChI is InChI=1S/C33H26N2/c1-34(32-19-9-13-25-11-5-7-17-30(25)32)27-21-23-29(24-22-27)35(28-15-3-2-4-16-28)33-20-10-14-26-12-6-8-18-31(26)33/h2-24H,1H3. The summed E-state index contributed by atoms with van der Waals surface area (Å²) < 4.78 is 0. The molecule has 0 radical (unpaired) electrons. The lowest BCUT2D eigenvalue weighted by atomic mass is 10.1. The van der Waals surface area contributed by atoms with E-state index >= 15 is 0 Å². The Morgan fingerprint density at radius 2 is 0.829 bits per heavy atom.